The molecule has 1 atom stereocenters. The number of anilines is 1. The van der Waals surface area contributed by atoms with E-state index in [4.69, 9.17) is 9.57 Å². The summed E-state index contributed by atoms with van der Waals surface area (Å²) in [5, 5.41) is 4.46. The fourth-order valence-electron chi connectivity index (χ4n) is 2.71. The van der Waals surface area contributed by atoms with Gasteiger partial charge in [-0.3, -0.25) is 9.59 Å². The summed E-state index contributed by atoms with van der Waals surface area (Å²) >= 11 is 0. The standard InChI is InChI=1S/C18H26N2O4.ClH/c1-6-17(20(18(3,4)5)24-12(2)21)23-15-9-7-8-14-13(15)10-11-16(22)19-14;/h7-9,17H,6,10-11H2,1-5H3,(H,19,22);1H. The van der Waals surface area contributed by atoms with Crippen molar-refractivity contribution >= 4 is 30.0 Å². The number of amides is 1. The first kappa shape index (κ1) is 21.3. The minimum Gasteiger partial charge on any atom is -0.472 e. The molecule has 1 aliphatic heterocycles. The number of hydrogen-bond acceptors (Lipinski definition) is 5. The number of carbonyl (C=O) groups is 2. The van der Waals surface area contributed by atoms with Crippen molar-refractivity contribution in [1.82, 2.24) is 5.06 Å². The maximum atomic E-state index is 11.6. The van der Waals surface area contributed by atoms with Crippen molar-refractivity contribution in [2.45, 2.75) is 65.6 Å². The fourth-order valence-corrected chi connectivity index (χ4v) is 2.71. The molecule has 0 bridgehead atoms. The lowest BCUT2D eigenvalue weighted by atomic mass is 10.0. The molecule has 7 heteroatoms. The number of nitrogens with zero attached hydrogens (tertiary/aromatic N) is 1. The molecule has 1 unspecified atom stereocenters. The minimum absolute atomic E-state index is 0. The third kappa shape index (κ3) is 5.34. The maximum Gasteiger partial charge on any atom is 0.322 e. The molecule has 25 heavy (non-hydrogen) atoms. The Morgan fingerprint density at radius 2 is 2.00 bits per heavy atom. The molecule has 1 heterocycles. The molecule has 1 aromatic rings. The van der Waals surface area contributed by atoms with E-state index in [0.717, 1.165) is 11.3 Å². The molecular weight excluding hydrogens is 344 g/mol. The van der Waals surface area contributed by atoms with Crippen LogP contribution < -0.4 is 10.1 Å². The Morgan fingerprint density at radius 3 is 2.56 bits per heavy atom. The monoisotopic (exact) mass is 370 g/mol. The number of halogens is 1. The van der Waals surface area contributed by atoms with Crippen molar-refractivity contribution in [1.29, 1.82) is 0 Å². The SMILES string of the molecule is CCC(Oc1cccc2c1CCC(=O)N2)N(OC(C)=O)C(C)(C)C.Cl. The molecule has 2 rings (SSSR count). The van der Waals surface area contributed by atoms with Crippen LogP contribution in [0.15, 0.2) is 18.2 Å². The molecule has 1 N–H and O–H groups in total. The van der Waals surface area contributed by atoms with Gasteiger partial charge in [0.2, 0.25) is 5.91 Å². The first-order chi connectivity index (χ1) is 11.2. The third-order valence-electron chi connectivity index (χ3n) is 3.77. The lowest BCUT2D eigenvalue weighted by molar-refractivity contribution is -0.258. The van der Waals surface area contributed by atoms with Crippen molar-refractivity contribution in [2.24, 2.45) is 0 Å². The van der Waals surface area contributed by atoms with Gasteiger partial charge < -0.3 is 14.9 Å². The summed E-state index contributed by atoms with van der Waals surface area (Å²) in [6, 6.07) is 5.60. The Bertz CT molecular complexity index is 628. The van der Waals surface area contributed by atoms with Gasteiger partial charge in [-0.05, 0) is 45.7 Å². The van der Waals surface area contributed by atoms with Crippen molar-refractivity contribution in [3.8, 4) is 5.75 Å². The van der Waals surface area contributed by atoms with Crippen LogP contribution in [0.25, 0.3) is 0 Å². The molecule has 0 aliphatic carbocycles. The highest BCUT2D eigenvalue weighted by Gasteiger charge is 2.33. The Morgan fingerprint density at radius 1 is 1.32 bits per heavy atom. The van der Waals surface area contributed by atoms with Crippen LogP contribution in [-0.2, 0) is 20.8 Å². The number of fused-ring (bicyclic) bond motifs is 1. The number of carbonyl (C=O) groups excluding carboxylic acids is 2. The summed E-state index contributed by atoms with van der Waals surface area (Å²) in [6.45, 7) is 9.24. The second-order valence-electron chi connectivity index (χ2n) is 6.89. The van der Waals surface area contributed by atoms with Crippen molar-refractivity contribution in [3.05, 3.63) is 23.8 Å². The molecule has 0 fully saturated rings. The average Bonchev–Trinajstić information content (AvgIpc) is 2.49. The Labute approximate surface area is 155 Å². The summed E-state index contributed by atoms with van der Waals surface area (Å²) in [6.07, 6.45) is 1.30. The summed E-state index contributed by atoms with van der Waals surface area (Å²) in [4.78, 5) is 28.4. The van der Waals surface area contributed by atoms with Gasteiger partial charge >= 0.3 is 5.97 Å². The molecular formula is C18H27ClN2O4. The van der Waals surface area contributed by atoms with Crippen LogP contribution in [0.1, 0.15) is 53.0 Å². The molecule has 0 aromatic heterocycles. The van der Waals surface area contributed by atoms with Gasteiger partial charge in [0, 0.05) is 24.6 Å². The Kier molecular flexibility index (Phi) is 7.26. The quantitative estimate of drug-likeness (QED) is 0.632. The van der Waals surface area contributed by atoms with Gasteiger partial charge in [-0.25, -0.2) is 0 Å². The first-order valence-corrected chi connectivity index (χ1v) is 8.28. The first-order valence-electron chi connectivity index (χ1n) is 8.28. The Balaban J connectivity index is 0.00000312. The fraction of sp³-hybridized carbons (Fsp3) is 0.556. The van der Waals surface area contributed by atoms with E-state index in [-0.39, 0.29) is 24.3 Å². The van der Waals surface area contributed by atoms with E-state index in [1.807, 2.05) is 45.9 Å². The second-order valence-corrected chi connectivity index (χ2v) is 6.89. The molecule has 0 radical (unpaired) electrons. The zero-order chi connectivity index (χ0) is 17.9. The predicted octanol–water partition coefficient (Wildman–Crippen LogP) is 3.69. The van der Waals surface area contributed by atoms with Crippen molar-refractivity contribution in [2.75, 3.05) is 5.32 Å². The van der Waals surface area contributed by atoms with E-state index in [9.17, 15) is 9.59 Å². The molecule has 1 amide bonds. The van der Waals surface area contributed by atoms with Gasteiger partial charge in [-0.1, -0.05) is 18.1 Å². The van der Waals surface area contributed by atoms with Crippen molar-refractivity contribution < 1.29 is 19.2 Å². The average molecular weight is 371 g/mol. The number of nitrogens with one attached hydrogen (secondary N) is 1. The number of ether oxygens (including phenoxy) is 1. The summed E-state index contributed by atoms with van der Waals surface area (Å²) in [5.74, 6) is 0.345. The maximum absolute atomic E-state index is 11.6. The smallest absolute Gasteiger partial charge is 0.322 e. The van der Waals surface area contributed by atoms with Crippen LogP contribution in [0.5, 0.6) is 5.75 Å². The zero-order valence-corrected chi connectivity index (χ0v) is 16.2. The summed E-state index contributed by atoms with van der Waals surface area (Å²) in [5.41, 5.74) is 1.36. The highest BCUT2D eigenvalue weighted by Crippen LogP contribution is 2.33. The van der Waals surface area contributed by atoms with Crippen LogP contribution in [0.2, 0.25) is 0 Å². The van der Waals surface area contributed by atoms with E-state index in [0.29, 0.717) is 25.0 Å². The highest BCUT2D eigenvalue weighted by molar-refractivity contribution is 5.94. The molecule has 0 saturated carbocycles. The van der Waals surface area contributed by atoms with Crippen LogP contribution >= 0.6 is 12.4 Å². The number of benzene rings is 1. The van der Waals surface area contributed by atoms with Gasteiger partial charge in [-0.2, -0.15) is 0 Å². The van der Waals surface area contributed by atoms with Gasteiger partial charge in [-0.15, -0.1) is 12.4 Å². The van der Waals surface area contributed by atoms with E-state index >= 15 is 0 Å². The van der Waals surface area contributed by atoms with Crippen molar-refractivity contribution in [3.63, 3.8) is 0 Å². The number of hydroxylamine groups is 2. The third-order valence-corrected chi connectivity index (χ3v) is 3.77. The largest absolute Gasteiger partial charge is 0.472 e. The van der Waals surface area contributed by atoms with E-state index in [1.54, 1.807) is 5.06 Å². The highest BCUT2D eigenvalue weighted by atomic mass is 35.5. The van der Waals surface area contributed by atoms with E-state index in [1.165, 1.54) is 6.92 Å². The second kappa shape index (κ2) is 8.54. The lowest BCUT2D eigenvalue weighted by Gasteiger charge is -2.38. The predicted molar refractivity (Wildman–Crippen MR) is 98.7 cm³/mol. The number of rotatable bonds is 5. The molecule has 6 nitrogen and oxygen atoms in total. The summed E-state index contributed by atoms with van der Waals surface area (Å²) in [7, 11) is 0. The molecule has 0 saturated heterocycles. The molecule has 1 aliphatic rings. The normalized spacial score (nSPS) is 14.9. The molecule has 140 valence electrons. The number of hydrogen-bond donors (Lipinski definition) is 1. The minimum atomic E-state index is -0.418. The van der Waals surface area contributed by atoms with Crippen LogP contribution in [0.4, 0.5) is 5.69 Å². The Hall–Kier alpha value is -1.79. The molecule has 1 aromatic carbocycles. The van der Waals surface area contributed by atoms with E-state index in [2.05, 4.69) is 5.32 Å². The van der Waals surface area contributed by atoms with Gasteiger partial charge in [0.15, 0.2) is 6.23 Å². The lowest BCUT2D eigenvalue weighted by Crippen LogP contribution is -2.51. The summed E-state index contributed by atoms with van der Waals surface area (Å²) < 4.78 is 6.18. The van der Waals surface area contributed by atoms with Crippen LogP contribution in [0.3, 0.4) is 0 Å². The topological polar surface area (TPSA) is 67.9 Å². The van der Waals surface area contributed by atoms with Gasteiger partial charge in [0.1, 0.15) is 5.75 Å². The van der Waals surface area contributed by atoms with Gasteiger partial charge in [0.05, 0.1) is 5.54 Å². The zero-order valence-electron chi connectivity index (χ0n) is 15.4. The van der Waals surface area contributed by atoms with Crippen LogP contribution in [0, 0.1) is 0 Å². The van der Waals surface area contributed by atoms with Crippen LogP contribution in [-0.4, -0.2) is 28.7 Å². The van der Waals surface area contributed by atoms with E-state index < -0.39 is 11.8 Å². The van der Waals surface area contributed by atoms with Gasteiger partial charge in [0.25, 0.3) is 0 Å². The molecule has 0 spiro atoms.